The second-order valence-electron chi connectivity index (χ2n) is 4.71. The summed E-state index contributed by atoms with van der Waals surface area (Å²) in [7, 11) is 0. The number of hydrogen-bond donors (Lipinski definition) is 0. The fourth-order valence-corrected chi connectivity index (χ4v) is 4.23. The van der Waals surface area contributed by atoms with E-state index in [0.29, 0.717) is 11.9 Å². The van der Waals surface area contributed by atoms with Gasteiger partial charge in [0, 0.05) is 48.0 Å². The molecule has 0 aromatic carbocycles. The molecule has 0 N–H and O–H groups in total. The van der Waals surface area contributed by atoms with Crippen LogP contribution in [0.25, 0.3) is 0 Å². The summed E-state index contributed by atoms with van der Waals surface area (Å²) < 4.78 is 1.22. The molecule has 3 nitrogen and oxygen atoms in total. The number of amides is 1. The van der Waals surface area contributed by atoms with Gasteiger partial charge in [0.2, 0.25) is 5.91 Å². The molecule has 2 aliphatic heterocycles. The van der Waals surface area contributed by atoms with Crippen LogP contribution in [0, 0.1) is 0 Å². The Morgan fingerprint density at radius 2 is 2.35 bits per heavy atom. The van der Waals surface area contributed by atoms with Crippen LogP contribution in [0.5, 0.6) is 0 Å². The zero-order valence-electron chi connectivity index (χ0n) is 9.56. The van der Waals surface area contributed by atoms with Crippen LogP contribution in [0.15, 0.2) is 15.9 Å². The lowest BCUT2D eigenvalue weighted by atomic mass is 10.1. The van der Waals surface area contributed by atoms with Crippen molar-refractivity contribution in [2.24, 2.45) is 0 Å². The monoisotopic (exact) mass is 314 g/mol. The van der Waals surface area contributed by atoms with Gasteiger partial charge in [0.15, 0.2) is 0 Å². The van der Waals surface area contributed by atoms with Crippen molar-refractivity contribution in [3.8, 4) is 0 Å². The summed E-state index contributed by atoms with van der Waals surface area (Å²) in [5.74, 6) is 0.354. The molecule has 92 valence electrons. The predicted molar refractivity (Wildman–Crippen MR) is 72.0 cm³/mol. The first kappa shape index (κ1) is 11.7. The average Bonchev–Trinajstić information content (AvgIpc) is 2.87. The molecule has 5 heteroatoms. The molecule has 1 aromatic rings. The van der Waals surface area contributed by atoms with Gasteiger partial charge in [0.05, 0.1) is 0 Å². The van der Waals surface area contributed by atoms with Crippen molar-refractivity contribution in [1.29, 1.82) is 0 Å². The molecule has 0 spiro atoms. The maximum Gasteiger partial charge on any atom is 0.222 e. The number of carbonyl (C=O) groups excluding carboxylic acids is 1. The first-order valence-corrected chi connectivity index (χ1v) is 7.65. The van der Waals surface area contributed by atoms with Crippen LogP contribution in [0.3, 0.4) is 0 Å². The van der Waals surface area contributed by atoms with Crippen molar-refractivity contribution in [3.63, 3.8) is 0 Å². The topological polar surface area (TPSA) is 23.6 Å². The van der Waals surface area contributed by atoms with E-state index in [4.69, 9.17) is 0 Å². The smallest absolute Gasteiger partial charge is 0.222 e. The van der Waals surface area contributed by atoms with E-state index < -0.39 is 0 Å². The third-order valence-corrected chi connectivity index (χ3v) is 5.55. The van der Waals surface area contributed by atoms with E-state index in [0.717, 1.165) is 39.0 Å². The average molecular weight is 315 g/mol. The highest BCUT2D eigenvalue weighted by Crippen LogP contribution is 2.27. The number of thiophene rings is 1. The third kappa shape index (κ3) is 2.28. The van der Waals surface area contributed by atoms with E-state index in [1.807, 2.05) is 0 Å². The Balaban J connectivity index is 1.64. The number of rotatable bonds is 2. The molecule has 1 amide bonds. The Morgan fingerprint density at radius 3 is 3.12 bits per heavy atom. The molecule has 1 aromatic heterocycles. The second kappa shape index (κ2) is 4.71. The summed E-state index contributed by atoms with van der Waals surface area (Å²) in [5.41, 5.74) is 0. The molecule has 0 radical (unpaired) electrons. The molecule has 0 aliphatic carbocycles. The number of halogens is 1. The first-order valence-electron chi connectivity index (χ1n) is 5.98. The number of carbonyl (C=O) groups is 1. The van der Waals surface area contributed by atoms with Gasteiger partial charge >= 0.3 is 0 Å². The molecule has 1 unspecified atom stereocenters. The minimum absolute atomic E-state index is 0.354. The molecular formula is C12H15BrN2OS. The van der Waals surface area contributed by atoms with Crippen molar-refractivity contribution in [3.05, 3.63) is 20.8 Å². The van der Waals surface area contributed by atoms with E-state index in [1.165, 1.54) is 9.35 Å². The summed E-state index contributed by atoms with van der Waals surface area (Å²) in [6, 6.07) is 2.57. The Bertz CT molecular complexity index is 434. The maximum atomic E-state index is 11.6. The van der Waals surface area contributed by atoms with Crippen LogP contribution >= 0.6 is 27.3 Å². The van der Waals surface area contributed by atoms with Crippen molar-refractivity contribution in [1.82, 2.24) is 9.80 Å². The Hall–Kier alpha value is -0.390. The Morgan fingerprint density at radius 1 is 1.47 bits per heavy atom. The fourth-order valence-electron chi connectivity index (χ4n) is 2.71. The molecule has 17 heavy (non-hydrogen) atoms. The third-order valence-electron chi connectivity index (χ3n) is 3.64. The predicted octanol–water partition coefficient (Wildman–Crippen LogP) is 2.32. The summed E-state index contributed by atoms with van der Waals surface area (Å²) in [4.78, 5) is 17.5. The molecular weight excluding hydrogens is 300 g/mol. The van der Waals surface area contributed by atoms with Crippen molar-refractivity contribution < 1.29 is 4.79 Å². The highest BCUT2D eigenvalue weighted by atomic mass is 79.9. The number of hydrogen-bond acceptors (Lipinski definition) is 3. The van der Waals surface area contributed by atoms with Crippen LogP contribution in [0.4, 0.5) is 0 Å². The van der Waals surface area contributed by atoms with E-state index in [-0.39, 0.29) is 0 Å². The Kier molecular flexibility index (Phi) is 3.23. The van der Waals surface area contributed by atoms with E-state index >= 15 is 0 Å². The van der Waals surface area contributed by atoms with Gasteiger partial charge in [0.1, 0.15) is 0 Å². The van der Waals surface area contributed by atoms with Crippen molar-refractivity contribution in [2.45, 2.75) is 25.4 Å². The van der Waals surface area contributed by atoms with Crippen molar-refractivity contribution in [2.75, 3.05) is 19.6 Å². The summed E-state index contributed by atoms with van der Waals surface area (Å²) in [5, 5.41) is 2.12. The van der Waals surface area contributed by atoms with Crippen LogP contribution in [0.1, 0.15) is 17.7 Å². The van der Waals surface area contributed by atoms with Gasteiger partial charge in [-0.1, -0.05) is 0 Å². The van der Waals surface area contributed by atoms with Crippen LogP contribution < -0.4 is 0 Å². The molecule has 2 fully saturated rings. The van der Waals surface area contributed by atoms with Gasteiger partial charge in [-0.3, -0.25) is 9.69 Å². The van der Waals surface area contributed by atoms with Crippen LogP contribution in [-0.2, 0) is 11.3 Å². The van der Waals surface area contributed by atoms with E-state index in [2.05, 4.69) is 37.2 Å². The van der Waals surface area contributed by atoms with E-state index in [9.17, 15) is 4.79 Å². The summed E-state index contributed by atoms with van der Waals surface area (Å²) in [6.45, 7) is 3.96. The van der Waals surface area contributed by atoms with Gasteiger partial charge < -0.3 is 4.90 Å². The molecule has 1 atom stereocenters. The molecule has 3 heterocycles. The van der Waals surface area contributed by atoms with Crippen LogP contribution in [0.2, 0.25) is 0 Å². The standard InChI is InChI=1S/C12H15BrN2OS/c13-10-3-6-17-11(10)8-14-4-5-15-9(7-14)1-2-12(15)16/h3,6,9H,1-2,4-5,7-8H2. The minimum atomic E-state index is 0.354. The fraction of sp³-hybridized carbons (Fsp3) is 0.583. The minimum Gasteiger partial charge on any atom is -0.337 e. The Labute approximate surface area is 114 Å². The van der Waals surface area contributed by atoms with E-state index in [1.54, 1.807) is 11.3 Å². The zero-order chi connectivity index (χ0) is 11.8. The lowest BCUT2D eigenvalue weighted by molar-refractivity contribution is -0.130. The normalized spacial score (nSPS) is 25.4. The van der Waals surface area contributed by atoms with Gasteiger partial charge in [-0.15, -0.1) is 11.3 Å². The zero-order valence-corrected chi connectivity index (χ0v) is 12.0. The number of nitrogens with zero attached hydrogens (tertiary/aromatic N) is 2. The summed E-state index contributed by atoms with van der Waals surface area (Å²) >= 11 is 5.38. The lowest BCUT2D eigenvalue weighted by Gasteiger charge is -2.37. The molecule has 2 saturated heterocycles. The number of fused-ring (bicyclic) bond motifs is 1. The second-order valence-corrected chi connectivity index (χ2v) is 6.56. The van der Waals surface area contributed by atoms with Crippen LogP contribution in [-0.4, -0.2) is 41.4 Å². The quantitative estimate of drug-likeness (QED) is 0.836. The molecule has 3 rings (SSSR count). The maximum absolute atomic E-state index is 11.6. The highest BCUT2D eigenvalue weighted by Gasteiger charge is 2.35. The van der Waals surface area contributed by atoms with Gasteiger partial charge in [-0.25, -0.2) is 0 Å². The highest BCUT2D eigenvalue weighted by molar-refractivity contribution is 9.10. The summed E-state index contributed by atoms with van der Waals surface area (Å²) in [6.07, 6.45) is 1.79. The van der Waals surface area contributed by atoms with Crippen molar-refractivity contribution >= 4 is 33.2 Å². The number of piperazine rings is 1. The van der Waals surface area contributed by atoms with Gasteiger partial charge in [0.25, 0.3) is 0 Å². The molecule has 0 bridgehead atoms. The first-order chi connectivity index (χ1) is 8.24. The van der Waals surface area contributed by atoms with Gasteiger partial charge in [-0.05, 0) is 33.8 Å². The largest absolute Gasteiger partial charge is 0.337 e. The lowest BCUT2D eigenvalue weighted by Crippen LogP contribution is -2.50. The molecule has 2 aliphatic rings. The van der Waals surface area contributed by atoms with Gasteiger partial charge in [-0.2, -0.15) is 0 Å². The SMILES string of the molecule is O=C1CCC2CN(Cc3sccc3Br)CCN12. The molecule has 0 saturated carbocycles.